The lowest BCUT2D eigenvalue weighted by atomic mass is 10.2. The summed E-state index contributed by atoms with van der Waals surface area (Å²) < 4.78 is 0. The molecule has 1 atom stereocenters. The van der Waals surface area contributed by atoms with E-state index in [0.29, 0.717) is 17.8 Å². The summed E-state index contributed by atoms with van der Waals surface area (Å²) in [6, 6.07) is 8.79. The molecule has 0 saturated carbocycles. The summed E-state index contributed by atoms with van der Waals surface area (Å²) in [5.41, 5.74) is 1.19. The average molecular weight is 303 g/mol. The highest BCUT2D eigenvalue weighted by Crippen LogP contribution is 2.07. The molecule has 0 aliphatic rings. The number of carbonyl (C=O) groups is 2. The molecule has 0 heterocycles. The van der Waals surface area contributed by atoms with Crippen LogP contribution in [-0.4, -0.2) is 37.5 Å². The van der Waals surface area contributed by atoms with Crippen molar-refractivity contribution in [1.82, 2.24) is 5.32 Å². The van der Waals surface area contributed by atoms with Crippen molar-refractivity contribution in [2.75, 3.05) is 25.0 Å². The Morgan fingerprint density at radius 3 is 2.27 bits per heavy atom. The standard InChI is InChI=1S/C16H22N4O2/c1-4-20(10-15(21)18-12(2)3)11-16(22)19-14-7-5-13(9-17)6-8-14/h5-8,12H,4,10-11H2,1-3H3,(H,18,21)(H,19,22)/p+1. The molecule has 0 aliphatic heterocycles. The van der Waals surface area contributed by atoms with Crippen LogP contribution in [0.4, 0.5) is 5.69 Å². The summed E-state index contributed by atoms with van der Waals surface area (Å²) in [5.74, 6) is -0.211. The average Bonchev–Trinajstić information content (AvgIpc) is 2.46. The highest BCUT2D eigenvalue weighted by Gasteiger charge is 2.17. The predicted molar refractivity (Wildman–Crippen MR) is 84.3 cm³/mol. The quantitative estimate of drug-likeness (QED) is 0.659. The van der Waals surface area contributed by atoms with Crippen LogP contribution in [0.15, 0.2) is 24.3 Å². The summed E-state index contributed by atoms with van der Waals surface area (Å²) in [5, 5.41) is 14.3. The summed E-state index contributed by atoms with van der Waals surface area (Å²) in [4.78, 5) is 24.6. The number of anilines is 1. The molecular formula is C16H23N4O2+. The first-order valence-electron chi connectivity index (χ1n) is 7.37. The number of nitriles is 1. The van der Waals surface area contributed by atoms with E-state index in [0.717, 1.165) is 4.90 Å². The number of benzene rings is 1. The van der Waals surface area contributed by atoms with Gasteiger partial charge in [-0.25, -0.2) is 0 Å². The summed E-state index contributed by atoms with van der Waals surface area (Å²) in [6.45, 7) is 6.93. The molecule has 0 saturated heterocycles. The summed E-state index contributed by atoms with van der Waals surface area (Å²) in [7, 11) is 0. The van der Waals surface area contributed by atoms with Crippen LogP contribution in [0.5, 0.6) is 0 Å². The number of nitrogens with zero attached hydrogens (tertiary/aromatic N) is 1. The fourth-order valence-electron chi connectivity index (χ4n) is 1.97. The Kier molecular flexibility index (Phi) is 7.06. The minimum absolute atomic E-state index is 0.0574. The normalized spacial score (nSPS) is 11.6. The van der Waals surface area contributed by atoms with Crippen molar-refractivity contribution in [1.29, 1.82) is 5.26 Å². The van der Waals surface area contributed by atoms with Gasteiger partial charge >= 0.3 is 0 Å². The highest BCUT2D eigenvalue weighted by molar-refractivity contribution is 5.91. The van der Waals surface area contributed by atoms with E-state index in [1.807, 2.05) is 26.8 Å². The first-order chi connectivity index (χ1) is 10.4. The highest BCUT2D eigenvalue weighted by atomic mass is 16.2. The van der Waals surface area contributed by atoms with Gasteiger partial charge in [-0.05, 0) is 45.0 Å². The van der Waals surface area contributed by atoms with Crippen molar-refractivity contribution in [3.63, 3.8) is 0 Å². The maximum absolute atomic E-state index is 12.0. The van der Waals surface area contributed by atoms with E-state index in [4.69, 9.17) is 5.26 Å². The van der Waals surface area contributed by atoms with Gasteiger partial charge in [0.1, 0.15) is 0 Å². The van der Waals surface area contributed by atoms with Crippen LogP contribution in [0.2, 0.25) is 0 Å². The monoisotopic (exact) mass is 303 g/mol. The Bertz CT molecular complexity index is 546. The van der Waals surface area contributed by atoms with Crippen LogP contribution in [0, 0.1) is 11.3 Å². The number of hydrogen-bond donors (Lipinski definition) is 3. The van der Waals surface area contributed by atoms with Gasteiger partial charge in [0.15, 0.2) is 13.1 Å². The van der Waals surface area contributed by atoms with Crippen molar-refractivity contribution >= 4 is 17.5 Å². The smallest absolute Gasteiger partial charge is 0.279 e. The zero-order valence-corrected chi connectivity index (χ0v) is 13.3. The van der Waals surface area contributed by atoms with E-state index in [-0.39, 0.29) is 30.9 Å². The number of amides is 2. The molecule has 0 fully saturated rings. The van der Waals surface area contributed by atoms with E-state index >= 15 is 0 Å². The van der Waals surface area contributed by atoms with Crippen molar-refractivity contribution in [2.24, 2.45) is 0 Å². The second-order valence-electron chi connectivity index (χ2n) is 5.42. The van der Waals surface area contributed by atoms with Gasteiger partial charge in [-0.1, -0.05) is 0 Å². The number of nitrogens with one attached hydrogen (secondary N) is 3. The Labute approximate surface area is 131 Å². The fraction of sp³-hybridized carbons (Fsp3) is 0.438. The van der Waals surface area contributed by atoms with Gasteiger partial charge in [-0.15, -0.1) is 0 Å². The zero-order chi connectivity index (χ0) is 16.5. The predicted octanol–water partition coefficient (Wildman–Crippen LogP) is -0.0738. The number of carbonyl (C=O) groups excluding carboxylic acids is 2. The van der Waals surface area contributed by atoms with E-state index in [9.17, 15) is 9.59 Å². The lowest BCUT2D eigenvalue weighted by Gasteiger charge is -2.17. The van der Waals surface area contributed by atoms with Crippen molar-refractivity contribution < 1.29 is 14.5 Å². The molecule has 6 heteroatoms. The molecule has 0 spiro atoms. The van der Waals surface area contributed by atoms with Crippen LogP contribution in [-0.2, 0) is 9.59 Å². The molecule has 1 unspecified atom stereocenters. The van der Waals surface area contributed by atoms with Crippen LogP contribution in [0.3, 0.4) is 0 Å². The zero-order valence-electron chi connectivity index (χ0n) is 13.3. The molecule has 6 nitrogen and oxygen atoms in total. The lowest BCUT2D eigenvalue weighted by molar-refractivity contribution is -0.881. The molecular weight excluding hydrogens is 280 g/mol. The second-order valence-corrected chi connectivity index (χ2v) is 5.42. The van der Waals surface area contributed by atoms with Crippen LogP contribution in [0.25, 0.3) is 0 Å². The van der Waals surface area contributed by atoms with Crippen molar-refractivity contribution in [2.45, 2.75) is 26.8 Å². The Hall–Kier alpha value is -2.39. The van der Waals surface area contributed by atoms with Gasteiger partial charge in [0, 0.05) is 11.7 Å². The molecule has 2 amide bonds. The molecule has 1 aromatic carbocycles. The first-order valence-corrected chi connectivity index (χ1v) is 7.37. The van der Waals surface area contributed by atoms with Gasteiger partial charge in [0.05, 0.1) is 18.2 Å². The van der Waals surface area contributed by atoms with Gasteiger partial charge < -0.3 is 15.5 Å². The van der Waals surface area contributed by atoms with Crippen LogP contribution < -0.4 is 15.5 Å². The Morgan fingerprint density at radius 1 is 1.18 bits per heavy atom. The van der Waals surface area contributed by atoms with Crippen LogP contribution in [0.1, 0.15) is 26.3 Å². The molecule has 22 heavy (non-hydrogen) atoms. The maximum atomic E-state index is 12.0. The van der Waals surface area contributed by atoms with E-state index in [2.05, 4.69) is 10.6 Å². The minimum Gasteiger partial charge on any atom is -0.349 e. The topological polar surface area (TPSA) is 86.4 Å². The number of hydrogen-bond acceptors (Lipinski definition) is 3. The lowest BCUT2D eigenvalue weighted by Crippen LogP contribution is -3.14. The SMILES string of the molecule is CC[NH+](CC(=O)Nc1ccc(C#N)cc1)CC(=O)NC(C)C. The third-order valence-corrected chi connectivity index (χ3v) is 3.07. The number of quaternary nitrogens is 1. The molecule has 0 aromatic heterocycles. The Morgan fingerprint density at radius 2 is 1.77 bits per heavy atom. The van der Waals surface area contributed by atoms with Crippen molar-refractivity contribution in [3.8, 4) is 6.07 Å². The van der Waals surface area contributed by atoms with Gasteiger partial charge in [-0.2, -0.15) is 5.26 Å². The second kappa shape index (κ2) is 8.80. The summed E-state index contributed by atoms with van der Waals surface area (Å²) >= 11 is 0. The fourth-order valence-corrected chi connectivity index (χ4v) is 1.97. The van der Waals surface area contributed by atoms with Gasteiger partial charge in [-0.3, -0.25) is 9.59 Å². The first kappa shape index (κ1) is 17.7. The van der Waals surface area contributed by atoms with Crippen LogP contribution >= 0.6 is 0 Å². The summed E-state index contributed by atoms with van der Waals surface area (Å²) in [6.07, 6.45) is 0. The number of rotatable bonds is 7. The van der Waals surface area contributed by atoms with Crippen molar-refractivity contribution in [3.05, 3.63) is 29.8 Å². The minimum atomic E-state index is -0.154. The molecule has 118 valence electrons. The third kappa shape index (κ3) is 6.37. The van der Waals surface area contributed by atoms with E-state index in [1.54, 1.807) is 24.3 Å². The molecule has 0 bridgehead atoms. The Balaban J connectivity index is 2.50. The van der Waals surface area contributed by atoms with Gasteiger partial charge in [0.2, 0.25) is 0 Å². The molecule has 1 rings (SSSR count). The largest absolute Gasteiger partial charge is 0.349 e. The maximum Gasteiger partial charge on any atom is 0.279 e. The number of likely N-dealkylation sites (N-methyl/N-ethyl adjacent to an activating group) is 1. The molecule has 1 aromatic rings. The molecule has 0 aliphatic carbocycles. The molecule has 3 N–H and O–H groups in total. The molecule has 0 radical (unpaired) electrons. The third-order valence-electron chi connectivity index (χ3n) is 3.07. The van der Waals surface area contributed by atoms with Gasteiger partial charge in [0.25, 0.3) is 11.8 Å². The van der Waals surface area contributed by atoms with E-state index < -0.39 is 0 Å². The van der Waals surface area contributed by atoms with E-state index in [1.165, 1.54) is 0 Å².